The van der Waals surface area contributed by atoms with Crippen LogP contribution in [0.5, 0.6) is 0 Å². The lowest BCUT2D eigenvalue weighted by Gasteiger charge is -2.00. The summed E-state index contributed by atoms with van der Waals surface area (Å²) in [4.78, 5) is 2.68. The molecule has 0 aliphatic rings. The molecular weight excluding hydrogens is 309 g/mol. The van der Waals surface area contributed by atoms with E-state index in [0.29, 0.717) is 19.7 Å². The van der Waals surface area contributed by atoms with Crippen molar-refractivity contribution in [3.8, 4) is 0 Å². The highest BCUT2D eigenvalue weighted by Crippen LogP contribution is 2.36. The molecule has 1 aromatic carbocycles. The summed E-state index contributed by atoms with van der Waals surface area (Å²) in [5.74, 6) is 0. The predicted octanol–water partition coefficient (Wildman–Crippen LogP) is 4.81. The molecule has 0 heterocycles. The van der Waals surface area contributed by atoms with E-state index in [1.165, 1.54) is 0 Å². The molecule has 0 bridgehead atoms. The van der Waals surface area contributed by atoms with E-state index in [-0.39, 0.29) is 0 Å². The van der Waals surface area contributed by atoms with Gasteiger partial charge >= 0.3 is 0 Å². The van der Waals surface area contributed by atoms with E-state index in [4.69, 9.17) is 17.1 Å². The molecule has 0 amide bonds. The van der Waals surface area contributed by atoms with Crippen molar-refractivity contribution in [1.29, 1.82) is 0 Å². The summed E-state index contributed by atoms with van der Waals surface area (Å²) in [5, 5.41) is 4.05. The molecule has 0 radical (unpaired) electrons. The average molecular weight is 311 g/mol. The van der Waals surface area contributed by atoms with Gasteiger partial charge in [0.05, 0.1) is 5.69 Å². The van der Waals surface area contributed by atoms with E-state index in [1.807, 2.05) is 0 Å². The Balaban J connectivity index is 3.37. The minimum atomic E-state index is 0.502. The summed E-state index contributed by atoms with van der Waals surface area (Å²) in [5.41, 5.74) is 8.72. The van der Waals surface area contributed by atoms with Gasteiger partial charge in [-0.25, -0.2) is 0 Å². The molecule has 0 saturated heterocycles. The Kier molecular flexibility index (Phi) is 3.40. The van der Waals surface area contributed by atoms with Crippen molar-refractivity contribution in [3.63, 3.8) is 0 Å². The quantitative estimate of drug-likeness (QED) is 0.406. The van der Waals surface area contributed by atoms with Gasteiger partial charge in [-0.3, -0.25) is 0 Å². The zero-order chi connectivity index (χ0) is 9.14. The Labute approximate surface area is 90.6 Å². The number of hydrogen-bond acceptors (Lipinski definition) is 1. The molecule has 0 N–H and O–H groups in total. The first kappa shape index (κ1) is 9.86. The molecule has 0 unspecified atom stereocenters. The first-order chi connectivity index (χ1) is 5.65. The Bertz CT molecular complexity index is 337. The number of nitrogens with zero attached hydrogens (tertiary/aromatic N) is 3. The summed E-state index contributed by atoms with van der Waals surface area (Å²) < 4.78 is 1.33. The second-order valence-electron chi connectivity index (χ2n) is 1.91. The number of rotatable bonds is 1. The highest BCUT2D eigenvalue weighted by atomic mass is 79.9. The highest BCUT2D eigenvalue weighted by molar-refractivity contribution is 9.11. The number of halogens is 3. The van der Waals surface area contributed by atoms with E-state index in [0.717, 1.165) is 0 Å². The lowest BCUT2D eigenvalue weighted by molar-refractivity contribution is 1.42. The number of azide groups is 1. The Hall–Kier alpha value is -0.220. The van der Waals surface area contributed by atoms with E-state index in [9.17, 15) is 0 Å². The van der Waals surface area contributed by atoms with Gasteiger partial charge in [0.2, 0.25) is 0 Å². The van der Waals surface area contributed by atoms with Crippen LogP contribution in [0.2, 0.25) is 5.02 Å². The standard InChI is InChI=1S/C6H2Br2ClN3/c7-4-1-3(9)2-5(8)6(4)11-12-10/h1-2H. The molecule has 0 atom stereocenters. The van der Waals surface area contributed by atoms with Crippen molar-refractivity contribution in [1.82, 2.24) is 0 Å². The number of benzene rings is 1. The highest BCUT2D eigenvalue weighted by Gasteiger charge is 2.03. The van der Waals surface area contributed by atoms with Crippen molar-refractivity contribution in [2.75, 3.05) is 0 Å². The molecule has 0 fully saturated rings. The Morgan fingerprint density at radius 2 is 1.83 bits per heavy atom. The minimum Gasteiger partial charge on any atom is -0.0843 e. The molecule has 0 aromatic heterocycles. The zero-order valence-corrected chi connectivity index (χ0v) is 9.56. The molecule has 0 saturated carbocycles. The smallest absolute Gasteiger partial charge is 0.0660 e. The van der Waals surface area contributed by atoms with Gasteiger partial charge in [-0.05, 0) is 17.7 Å². The minimum absolute atomic E-state index is 0.502. The van der Waals surface area contributed by atoms with Crippen molar-refractivity contribution >= 4 is 49.1 Å². The fourth-order valence-corrected chi connectivity index (χ4v) is 2.50. The largest absolute Gasteiger partial charge is 0.0843 e. The Morgan fingerprint density at radius 3 is 2.25 bits per heavy atom. The molecule has 0 spiro atoms. The molecule has 12 heavy (non-hydrogen) atoms. The van der Waals surface area contributed by atoms with Crippen LogP contribution in [0.25, 0.3) is 10.4 Å². The van der Waals surface area contributed by atoms with Gasteiger partial charge < -0.3 is 0 Å². The third kappa shape index (κ3) is 2.14. The van der Waals surface area contributed by atoms with Gasteiger partial charge in [-0.2, -0.15) is 0 Å². The van der Waals surface area contributed by atoms with Gasteiger partial charge in [0, 0.05) is 18.9 Å². The van der Waals surface area contributed by atoms with Crippen LogP contribution in [-0.2, 0) is 0 Å². The fourth-order valence-electron chi connectivity index (χ4n) is 0.675. The molecule has 6 heteroatoms. The maximum absolute atomic E-state index is 8.22. The van der Waals surface area contributed by atoms with Crippen molar-refractivity contribution in [3.05, 3.63) is 36.5 Å². The van der Waals surface area contributed by atoms with Crippen LogP contribution in [0.1, 0.15) is 0 Å². The topological polar surface area (TPSA) is 48.8 Å². The van der Waals surface area contributed by atoms with Gasteiger partial charge in [-0.1, -0.05) is 48.6 Å². The van der Waals surface area contributed by atoms with Crippen LogP contribution in [0.15, 0.2) is 26.2 Å². The third-order valence-electron chi connectivity index (χ3n) is 1.13. The number of hydrogen-bond donors (Lipinski definition) is 0. The fraction of sp³-hybridized carbons (Fsp3) is 0. The van der Waals surface area contributed by atoms with E-state index >= 15 is 0 Å². The average Bonchev–Trinajstić information content (AvgIpc) is 1.96. The molecule has 0 aliphatic heterocycles. The van der Waals surface area contributed by atoms with Crippen LogP contribution in [-0.4, -0.2) is 0 Å². The maximum Gasteiger partial charge on any atom is 0.0660 e. The van der Waals surface area contributed by atoms with Crippen molar-refractivity contribution in [2.45, 2.75) is 0 Å². The van der Waals surface area contributed by atoms with Crippen LogP contribution >= 0.6 is 43.5 Å². The van der Waals surface area contributed by atoms with Crippen LogP contribution in [0.4, 0.5) is 5.69 Å². The summed E-state index contributed by atoms with van der Waals surface area (Å²) in [6, 6.07) is 3.33. The van der Waals surface area contributed by atoms with Crippen LogP contribution in [0, 0.1) is 0 Å². The second kappa shape index (κ2) is 4.14. The molecule has 1 rings (SSSR count). The molecule has 62 valence electrons. The maximum atomic E-state index is 8.22. The lowest BCUT2D eigenvalue weighted by atomic mass is 10.3. The predicted molar refractivity (Wildman–Crippen MR) is 55.7 cm³/mol. The first-order valence-corrected chi connectivity index (χ1v) is 4.81. The van der Waals surface area contributed by atoms with E-state index in [1.54, 1.807) is 12.1 Å². The monoisotopic (exact) mass is 309 g/mol. The van der Waals surface area contributed by atoms with Crippen molar-refractivity contribution in [2.24, 2.45) is 5.11 Å². The molecular formula is C6H2Br2ClN3. The van der Waals surface area contributed by atoms with E-state index < -0.39 is 0 Å². The Morgan fingerprint density at radius 1 is 1.33 bits per heavy atom. The van der Waals surface area contributed by atoms with Crippen molar-refractivity contribution < 1.29 is 0 Å². The first-order valence-electron chi connectivity index (χ1n) is 2.85. The van der Waals surface area contributed by atoms with Gasteiger partial charge in [0.15, 0.2) is 0 Å². The van der Waals surface area contributed by atoms with Gasteiger partial charge in [0.25, 0.3) is 0 Å². The summed E-state index contributed by atoms with van der Waals surface area (Å²) in [7, 11) is 0. The summed E-state index contributed by atoms with van der Waals surface area (Å²) >= 11 is 12.2. The lowest BCUT2D eigenvalue weighted by Crippen LogP contribution is -1.71. The summed E-state index contributed by atoms with van der Waals surface area (Å²) in [6.45, 7) is 0. The normalized spacial score (nSPS) is 9.25. The van der Waals surface area contributed by atoms with Gasteiger partial charge in [0.1, 0.15) is 0 Å². The third-order valence-corrected chi connectivity index (χ3v) is 2.55. The summed E-state index contributed by atoms with van der Waals surface area (Å²) in [6.07, 6.45) is 0. The van der Waals surface area contributed by atoms with Crippen LogP contribution in [0.3, 0.4) is 0 Å². The zero-order valence-electron chi connectivity index (χ0n) is 5.63. The molecule has 0 aliphatic carbocycles. The van der Waals surface area contributed by atoms with Crippen LogP contribution < -0.4 is 0 Å². The SMILES string of the molecule is [N-]=[N+]=Nc1c(Br)cc(Cl)cc1Br. The second-order valence-corrected chi connectivity index (χ2v) is 4.05. The van der Waals surface area contributed by atoms with E-state index in [2.05, 4.69) is 41.9 Å². The van der Waals surface area contributed by atoms with Gasteiger partial charge in [-0.15, -0.1) is 0 Å². The molecule has 1 aromatic rings. The molecule has 3 nitrogen and oxygen atoms in total.